The maximum atomic E-state index is 10.6. The topological polar surface area (TPSA) is 118 Å². The number of carboxylic acids is 3. The van der Waals surface area contributed by atoms with Crippen molar-refractivity contribution in [1.82, 2.24) is 0 Å². The van der Waals surface area contributed by atoms with Crippen LogP contribution >= 0.6 is 0 Å². The Morgan fingerprint density at radius 2 is 1.06 bits per heavy atom. The molecule has 0 aliphatic carbocycles. The molecule has 6 nitrogen and oxygen atoms in total. The molecule has 0 amide bonds. The zero-order chi connectivity index (χ0) is 13.2. The van der Waals surface area contributed by atoms with Crippen LogP contribution in [0.3, 0.4) is 0 Å². The summed E-state index contributed by atoms with van der Waals surface area (Å²) >= 11 is 0. The van der Waals surface area contributed by atoms with Crippen molar-refractivity contribution in [1.29, 1.82) is 0 Å². The normalized spacial score (nSPS) is 8.06. The summed E-state index contributed by atoms with van der Waals surface area (Å²) in [6.07, 6.45) is -5.08. The van der Waals surface area contributed by atoms with Crippen molar-refractivity contribution in [2.75, 3.05) is 0 Å². The number of carbonyl (C=O) groups excluding carboxylic acids is 2. The average molecular weight is 339 g/mol. The van der Waals surface area contributed by atoms with E-state index in [0.717, 1.165) is 13.8 Å². The number of carboxylic acid groups (broad SMARTS) is 3. The number of aliphatic carboxylic acids is 3. The number of alkyl halides is 3. The molecule has 0 atom stereocenters. The van der Waals surface area contributed by atoms with E-state index in [9.17, 15) is 13.2 Å². The van der Waals surface area contributed by atoms with Crippen molar-refractivity contribution < 1.29 is 63.3 Å². The number of halogens is 3. The second-order valence-corrected chi connectivity index (χ2v) is 1.79. The van der Waals surface area contributed by atoms with Crippen LogP contribution in [0.15, 0.2) is 0 Å². The van der Waals surface area contributed by atoms with Gasteiger partial charge in [0.25, 0.3) is 0 Å². The van der Waals surface area contributed by atoms with Crippen LogP contribution in [0.1, 0.15) is 13.8 Å². The summed E-state index contributed by atoms with van der Waals surface area (Å²) in [6, 6.07) is 0. The summed E-state index contributed by atoms with van der Waals surface area (Å²) in [4.78, 5) is 26.7. The summed E-state index contributed by atoms with van der Waals surface area (Å²) < 4.78 is 31.7. The quantitative estimate of drug-likeness (QED) is 0.518. The molecule has 0 aromatic carbocycles. The van der Waals surface area contributed by atoms with E-state index in [2.05, 4.69) is 0 Å². The van der Waals surface area contributed by atoms with E-state index in [4.69, 9.17) is 29.7 Å². The van der Waals surface area contributed by atoms with Gasteiger partial charge in [-0.2, -0.15) is 13.2 Å². The molecule has 0 saturated carbocycles. The molecule has 0 aromatic rings. The molecule has 0 bridgehead atoms. The fraction of sp³-hybridized carbons (Fsp3) is 0.500. The Balaban J connectivity index is -0.0000000700. The van der Waals surface area contributed by atoms with Crippen LogP contribution in [0.4, 0.5) is 13.2 Å². The molecule has 0 saturated heterocycles. The third kappa shape index (κ3) is 76.6. The van der Waals surface area contributed by atoms with Crippen LogP contribution in [-0.4, -0.2) is 29.2 Å². The Morgan fingerprint density at radius 3 is 1.06 bits per heavy atom. The van der Waals surface area contributed by atoms with Gasteiger partial charge >= 0.3 is 32.6 Å². The molecular formula is C6H7F3O6Pd. The van der Waals surface area contributed by atoms with Crippen LogP contribution in [0, 0.1) is 0 Å². The van der Waals surface area contributed by atoms with Gasteiger partial charge in [0.2, 0.25) is 0 Å². The maximum absolute atomic E-state index is 10.6. The molecule has 0 heterocycles. The molecule has 0 aromatic heterocycles. The molecule has 0 aliphatic heterocycles. The molecule has 16 heavy (non-hydrogen) atoms. The molecule has 1 N–H and O–H groups in total. The monoisotopic (exact) mass is 338 g/mol. The summed E-state index contributed by atoms with van der Waals surface area (Å²) in [7, 11) is 0. The first-order valence-electron chi connectivity index (χ1n) is 3.06. The van der Waals surface area contributed by atoms with Crippen LogP contribution in [-0.2, 0) is 34.8 Å². The number of hydrogen-bond acceptors (Lipinski definition) is 5. The zero-order valence-corrected chi connectivity index (χ0v) is 9.49. The van der Waals surface area contributed by atoms with Crippen LogP contribution in [0.25, 0.3) is 0 Å². The fourth-order valence-corrected chi connectivity index (χ4v) is 0. The second-order valence-electron chi connectivity index (χ2n) is 1.79. The molecule has 0 fully saturated rings. The number of carbonyl (C=O) groups is 3. The van der Waals surface area contributed by atoms with E-state index in [0.29, 0.717) is 0 Å². The smallest absolute Gasteiger partial charge is 0.550 e. The molecular weight excluding hydrogens is 331 g/mol. The van der Waals surface area contributed by atoms with Crippen LogP contribution < -0.4 is 10.2 Å². The van der Waals surface area contributed by atoms with Crippen molar-refractivity contribution in [3.05, 3.63) is 0 Å². The van der Waals surface area contributed by atoms with Gasteiger partial charge in [0, 0.05) is 11.9 Å². The third-order valence-electron chi connectivity index (χ3n) is 0.243. The van der Waals surface area contributed by atoms with E-state index >= 15 is 0 Å². The molecule has 0 spiro atoms. The van der Waals surface area contributed by atoms with Gasteiger partial charge < -0.3 is 24.9 Å². The van der Waals surface area contributed by atoms with E-state index in [-0.39, 0.29) is 20.4 Å². The summed E-state index contributed by atoms with van der Waals surface area (Å²) in [5.41, 5.74) is 0. The van der Waals surface area contributed by atoms with Crippen LogP contribution in [0.5, 0.6) is 0 Å². The number of rotatable bonds is 0. The van der Waals surface area contributed by atoms with Crippen molar-refractivity contribution >= 4 is 17.9 Å². The van der Waals surface area contributed by atoms with E-state index in [1.54, 1.807) is 0 Å². The predicted octanol–water partition coefficient (Wildman–Crippen LogP) is -1.86. The van der Waals surface area contributed by atoms with E-state index < -0.39 is 24.1 Å². The molecule has 0 aliphatic rings. The predicted molar refractivity (Wildman–Crippen MR) is 35.1 cm³/mol. The minimum absolute atomic E-state index is 0. The maximum Gasteiger partial charge on any atom is 2.00 e. The SMILES string of the molecule is CC(=O)[O-].CC(=O)[O-].O=C(O)C(F)(F)F.[Pd+2]. The Hall–Kier alpha value is -1.14. The van der Waals surface area contributed by atoms with Crippen molar-refractivity contribution in [3.63, 3.8) is 0 Å². The minimum atomic E-state index is -5.08. The van der Waals surface area contributed by atoms with Gasteiger partial charge in [-0.25, -0.2) is 4.79 Å². The van der Waals surface area contributed by atoms with E-state index in [1.165, 1.54) is 0 Å². The fourth-order valence-electron chi connectivity index (χ4n) is 0. The van der Waals surface area contributed by atoms with E-state index in [1.807, 2.05) is 0 Å². The van der Waals surface area contributed by atoms with Crippen molar-refractivity contribution in [2.24, 2.45) is 0 Å². The molecule has 98 valence electrons. The number of hydrogen-bond donors (Lipinski definition) is 1. The van der Waals surface area contributed by atoms with Gasteiger partial charge in [-0.05, 0) is 13.8 Å². The van der Waals surface area contributed by atoms with Gasteiger partial charge in [0.1, 0.15) is 0 Å². The first-order chi connectivity index (χ1) is 6.41. The molecule has 0 rings (SSSR count). The Morgan fingerprint density at radius 1 is 1.00 bits per heavy atom. The largest absolute Gasteiger partial charge is 2.00 e. The second kappa shape index (κ2) is 11.9. The average Bonchev–Trinajstić information content (AvgIpc) is 1.80. The van der Waals surface area contributed by atoms with Gasteiger partial charge in [0.15, 0.2) is 0 Å². The summed E-state index contributed by atoms with van der Waals surface area (Å²) in [6.45, 7) is 1.94. The first-order valence-corrected chi connectivity index (χ1v) is 3.06. The summed E-state index contributed by atoms with van der Waals surface area (Å²) in [5, 5.41) is 24.9. The van der Waals surface area contributed by atoms with Gasteiger partial charge in [-0.3, -0.25) is 0 Å². The summed E-state index contributed by atoms with van der Waals surface area (Å²) in [5.74, 6) is -4.92. The molecule has 10 heteroatoms. The van der Waals surface area contributed by atoms with Crippen molar-refractivity contribution in [3.8, 4) is 0 Å². The van der Waals surface area contributed by atoms with Gasteiger partial charge in [-0.1, -0.05) is 0 Å². The standard InChI is InChI=1S/C2HF3O2.2C2H4O2.Pd/c3-2(4,5)1(6)7;2*1-2(3)4;/h(H,6,7);2*1H3,(H,3,4);/q;;;+2/p-2. The molecule has 0 unspecified atom stereocenters. The van der Waals surface area contributed by atoms with Crippen LogP contribution in [0.2, 0.25) is 0 Å². The Bertz CT molecular complexity index is 207. The minimum Gasteiger partial charge on any atom is -0.550 e. The Kier molecular flexibility index (Phi) is 18.1. The van der Waals surface area contributed by atoms with Gasteiger partial charge in [0.05, 0.1) is 0 Å². The Labute approximate surface area is 102 Å². The first kappa shape index (κ1) is 24.2. The van der Waals surface area contributed by atoms with Crippen molar-refractivity contribution in [2.45, 2.75) is 20.0 Å². The molecule has 0 radical (unpaired) electrons. The zero-order valence-electron chi connectivity index (χ0n) is 7.94. The van der Waals surface area contributed by atoms with Gasteiger partial charge in [-0.15, -0.1) is 0 Å². The third-order valence-corrected chi connectivity index (χ3v) is 0.243.